The number of aromatic nitrogens is 3. The molecule has 0 bridgehead atoms. The van der Waals surface area contributed by atoms with E-state index >= 15 is 4.39 Å². The zero-order chi connectivity index (χ0) is 29.8. The van der Waals surface area contributed by atoms with Crippen molar-refractivity contribution in [1.29, 1.82) is 0 Å². The number of likely N-dealkylation sites (N-methyl/N-ethyl adjacent to an activating group) is 1. The predicted molar refractivity (Wildman–Crippen MR) is 146 cm³/mol. The summed E-state index contributed by atoms with van der Waals surface area (Å²) in [5, 5.41) is -0.247. The average molecular weight is 611 g/mol. The fourth-order valence-electron chi connectivity index (χ4n) is 6.92. The van der Waals surface area contributed by atoms with Gasteiger partial charge in [-0.05, 0) is 50.8 Å². The summed E-state index contributed by atoms with van der Waals surface area (Å²) in [6.07, 6.45) is -2.58. The summed E-state index contributed by atoms with van der Waals surface area (Å²) in [5.41, 5.74) is 1.57. The molecule has 0 amide bonds. The van der Waals surface area contributed by atoms with Crippen molar-refractivity contribution in [2.24, 2.45) is 0 Å². The van der Waals surface area contributed by atoms with Crippen LogP contribution in [0.25, 0.3) is 22.2 Å². The minimum absolute atomic E-state index is 0.0157. The van der Waals surface area contributed by atoms with E-state index in [4.69, 9.17) is 26.8 Å². The molecule has 2 aromatic heterocycles. The van der Waals surface area contributed by atoms with Crippen LogP contribution in [0.3, 0.4) is 0 Å². The SMILES string of the molecule is Cc1cc(N)nc(-c2c(Cl)c3c4c(nc(OC[C@@]56CCCN5C[C@H](F)C6)nc4c2F)N(C)CC2(CC2)O3)c1C(F)(F)F. The molecule has 42 heavy (non-hydrogen) atoms. The van der Waals surface area contributed by atoms with Gasteiger partial charge in [0, 0.05) is 20.0 Å². The van der Waals surface area contributed by atoms with Crippen molar-refractivity contribution < 1.29 is 31.4 Å². The lowest BCUT2D eigenvalue weighted by Gasteiger charge is -2.31. The molecule has 2 atom stereocenters. The number of hydrogen-bond donors (Lipinski definition) is 1. The van der Waals surface area contributed by atoms with E-state index in [1.54, 1.807) is 11.9 Å². The van der Waals surface area contributed by atoms with Gasteiger partial charge < -0.3 is 20.1 Å². The Labute approximate surface area is 242 Å². The van der Waals surface area contributed by atoms with Crippen LogP contribution in [0.1, 0.15) is 43.2 Å². The lowest BCUT2D eigenvalue weighted by molar-refractivity contribution is -0.137. The maximum Gasteiger partial charge on any atom is 0.418 e. The van der Waals surface area contributed by atoms with Crippen molar-refractivity contribution >= 4 is 34.1 Å². The number of nitrogens with two attached hydrogens (primary N) is 1. The van der Waals surface area contributed by atoms with E-state index in [0.717, 1.165) is 25.5 Å². The second kappa shape index (κ2) is 9.15. The number of ether oxygens (including phenoxy) is 2. The number of pyridine rings is 1. The molecule has 1 aromatic carbocycles. The summed E-state index contributed by atoms with van der Waals surface area (Å²) in [7, 11) is 1.76. The van der Waals surface area contributed by atoms with Crippen LogP contribution in [0, 0.1) is 12.7 Å². The van der Waals surface area contributed by atoms with Gasteiger partial charge in [0.25, 0.3) is 0 Å². The molecule has 0 radical (unpaired) electrons. The fraction of sp³-hybridized carbons (Fsp3) is 0.536. The van der Waals surface area contributed by atoms with E-state index in [2.05, 4.69) is 19.9 Å². The number of nitrogen functional groups attached to an aromatic ring is 1. The molecule has 3 fully saturated rings. The van der Waals surface area contributed by atoms with E-state index in [1.807, 2.05) is 0 Å². The van der Waals surface area contributed by atoms with Crippen molar-refractivity contribution in [2.45, 2.75) is 62.5 Å². The standard InChI is InChI=1S/C28H28ClF5N6O2/c1-13-8-15(35)36-21(18(13)28(32,33)34)16-19(29)23-17-22(20(16)31)37-25(38-24(17)39(2)11-27(42-23)5-6-27)41-12-26-4-3-7-40(26)10-14(30)9-26/h8,14H,3-7,9-12H2,1-2H3,(H2,35,36)/t14-,26+/m1/s1. The zero-order valence-corrected chi connectivity index (χ0v) is 23.7. The van der Waals surface area contributed by atoms with Crippen molar-refractivity contribution in [1.82, 2.24) is 19.9 Å². The van der Waals surface area contributed by atoms with Crippen molar-refractivity contribution in [2.75, 3.05) is 43.9 Å². The largest absolute Gasteiger partial charge is 0.483 e. The van der Waals surface area contributed by atoms with Crippen LogP contribution in [0.4, 0.5) is 33.6 Å². The second-order valence-corrected chi connectivity index (χ2v) is 12.4. The first-order chi connectivity index (χ1) is 19.8. The summed E-state index contributed by atoms with van der Waals surface area (Å²) < 4.78 is 86.2. The lowest BCUT2D eigenvalue weighted by atomic mass is 9.95. The normalized spacial score (nSPS) is 24.7. The van der Waals surface area contributed by atoms with Crippen LogP contribution >= 0.6 is 11.6 Å². The van der Waals surface area contributed by atoms with Gasteiger partial charge in [-0.2, -0.15) is 23.1 Å². The molecule has 2 saturated heterocycles. The third-order valence-corrected chi connectivity index (χ3v) is 9.30. The number of nitrogens with zero attached hydrogens (tertiary/aromatic N) is 5. The van der Waals surface area contributed by atoms with Gasteiger partial charge in [-0.1, -0.05) is 11.6 Å². The molecule has 5 heterocycles. The number of aryl methyl sites for hydroxylation is 1. The molecule has 224 valence electrons. The molecule has 0 unspecified atom stereocenters. The number of halogens is 6. The highest BCUT2D eigenvalue weighted by Gasteiger charge is 2.51. The van der Waals surface area contributed by atoms with Crippen LogP contribution in [0.15, 0.2) is 6.07 Å². The highest BCUT2D eigenvalue weighted by Crippen LogP contribution is 2.54. The highest BCUT2D eigenvalue weighted by atomic mass is 35.5. The Hall–Kier alpha value is -3.19. The Morgan fingerprint density at radius 1 is 1.21 bits per heavy atom. The highest BCUT2D eigenvalue weighted by molar-refractivity contribution is 6.36. The summed E-state index contributed by atoms with van der Waals surface area (Å²) in [6, 6.07) is 0.896. The molecule has 2 N–H and O–H groups in total. The minimum atomic E-state index is -4.88. The smallest absolute Gasteiger partial charge is 0.418 e. The number of fused-ring (bicyclic) bond motifs is 1. The van der Waals surface area contributed by atoms with Gasteiger partial charge in [0.05, 0.1) is 39.3 Å². The van der Waals surface area contributed by atoms with Gasteiger partial charge >= 0.3 is 12.2 Å². The van der Waals surface area contributed by atoms with E-state index < -0.39 is 46.1 Å². The van der Waals surface area contributed by atoms with Gasteiger partial charge in [-0.25, -0.2) is 13.8 Å². The summed E-state index contributed by atoms with van der Waals surface area (Å²) >= 11 is 6.74. The molecule has 14 heteroatoms. The van der Waals surface area contributed by atoms with E-state index in [0.29, 0.717) is 32.4 Å². The van der Waals surface area contributed by atoms with Crippen LogP contribution in [-0.4, -0.2) is 70.5 Å². The van der Waals surface area contributed by atoms with Gasteiger partial charge in [-0.3, -0.25) is 4.90 Å². The number of anilines is 2. The molecular formula is C28H28ClF5N6O2. The quantitative estimate of drug-likeness (QED) is 0.376. The van der Waals surface area contributed by atoms with E-state index in [1.165, 1.54) is 6.92 Å². The minimum Gasteiger partial charge on any atom is -0.483 e. The second-order valence-electron chi connectivity index (χ2n) is 12.0. The number of alkyl halides is 4. The summed E-state index contributed by atoms with van der Waals surface area (Å²) in [4.78, 5) is 16.7. The number of hydrogen-bond acceptors (Lipinski definition) is 8. The van der Waals surface area contributed by atoms with Crippen LogP contribution < -0.4 is 20.1 Å². The lowest BCUT2D eigenvalue weighted by Crippen LogP contribution is -2.43. The van der Waals surface area contributed by atoms with Crippen LogP contribution in [0.5, 0.6) is 11.8 Å². The Balaban J connectivity index is 1.44. The average Bonchev–Trinajstić information content (AvgIpc) is 3.46. The Morgan fingerprint density at radius 2 is 1.98 bits per heavy atom. The topological polar surface area (TPSA) is 89.6 Å². The molecular weight excluding hydrogens is 583 g/mol. The maximum absolute atomic E-state index is 16.6. The van der Waals surface area contributed by atoms with Gasteiger partial charge in [0.15, 0.2) is 11.6 Å². The van der Waals surface area contributed by atoms with Crippen LogP contribution in [-0.2, 0) is 6.18 Å². The predicted octanol–water partition coefficient (Wildman–Crippen LogP) is 5.71. The molecule has 4 aliphatic rings. The number of rotatable bonds is 4. The molecule has 7 rings (SSSR count). The van der Waals surface area contributed by atoms with E-state index in [-0.39, 0.29) is 51.5 Å². The van der Waals surface area contributed by atoms with Crippen molar-refractivity contribution in [3.8, 4) is 23.0 Å². The summed E-state index contributed by atoms with van der Waals surface area (Å²) in [6.45, 7) is 2.77. The molecule has 3 aliphatic heterocycles. The zero-order valence-electron chi connectivity index (χ0n) is 22.9. The van der Waals surface area contributed by atoms with Crippen molar-refractivity contribution in [3.63, 3.8) is 0 Å². The molecule has 8 nitrogen and oxygen atoms in total. The number of benzene rings is 1. The van der Waals surface area contributed by atoms with Gasteiger partial charge in [-0.15, -0.1) is 0 Å². The third kappa shape index (κ3) is 4.22. The molecule has 1 saturated carbocycles. The van der Waals surface area contributed by atoms with Crippen LogP contribution in [0.2, 0.25) is 5.02 Å². The summed E-state index contributed by atoms with van der Waals surface area (Å²) in [5.74, 6) is -1.11. The maximum atomic E-state index is 16.6. The molecule has 1 spiro atoms. The first-order valence-corrected chi connectivity index (χ1v) is 14.2. The van der Waals surface area contributed by atoms with Crippen molar-refractivity contribution in [3.05, 3.63) is 28.0 Å². The molecule has 1 aliphatic carbocycles. The third-order valence-electron chi connectivity index (χ3n) is 8.94. The Bertz CT molecular complexity index is 1630. The van der Waals surface area contributed by atoms with E-state index in [9.17, 15) is 17.6 Å². The Morgan fingerprint density at radius 3 is 2.69 bits per heavy atom. The monoisotopic (exact) mass is 610 g/mol. The van der Waals surface area contributed by atoms with Gasteiger partial charge in [0.1, 0.15) is 35.5 Å². The fourth-order valence-corrected chi connectivity index (χ4v) is 7.22. The Kier molecular flexibility index (Phi) is 6.02. The van der Waals surface area contributed by atoms with Gasteiger partial charge in [0.2, 0.25) is 0 Å². The first-order valence-electron chi connectivity index (χ1n) is 13.8. The molecule has 3 aromatic rings. The first kappa shape index (κ1) is 27.6.